The molecule has 0 fully saturated rings. The number of pyridine rings is 1. The van der Waals surface area contributed by atoms with E-state index in [0.29, 0.717) is 33.5 Å². The molecule has 0 atom stereocenters. The van der Waals surface area contributed by atoms with Gasteiger partial charge in [0.2, 0.25) is 15.9 Å². The van der Waals surface area contributed by atoms with Crippen molar-refractivity contribution in [3.63, 3.8) is 0 Å². The number of rotatable bonds is 7. The van der Waals surface area contributed by atoms with E-state index in [1.165, 1.54) is 19.2 Å². The van der Waals surface area contributed by atoms with Crippen molar-refractivity contribution in [1.29, 1.82) is 0 Å². The maximum atomic E-state index is 12.4. The molecule has 0 radical (unpaired) electrons. The van der Waals surface area contributed by atoms with Crippen LogP contribution in [0.25, 0.3) is 11.1 Å². The molecule has 2 aromatic carbocycles. The minimum atomic E-state index is -3.71. The van der Waals surface area contributed by atoms with Crippen LogP contribution in [0, 0.1) is 0 Å². The van der Waals surface area contributed by atoms with Crippen LogP contribution >= 0.6 is 11.6 Å². The van der Waals surface area contributed by atoms with Crippen molar-refractivity contribution in [3.05, 3.63) is 70.9 Å². The summed E-state index contributed by atoms with van der Waals surface area (Å²) in [5.74, 6) is 0.585. The molecule has 0 aliphatic heterocycles. The third-order valence-corrected chi connectivity index (χ3v) is 5.33. The molecule has 9 heteroatoms. The number of carbonyl (C=O) groups excluding carboxylic acids is 1. The third kappa shape index (κ3) is 5.53. The van der Waals surface area contributed by atoms with Crippen molar-refractivity contribution in [2.75, 3.05) is 13.4 Å². The van der Waals surface area contributed by atoms with Gasteiger partial charge in [0.15, 0.2) is 0 Å². The predicted molar refractivity (Wildman–Crippen MR) is 119 cm³/mol. The van der Waals surface area contributed by atoms with Crippen LogP contribution in [0.1, 0.15) is 22.8 Å². The average molecular weight is 461 g/mol. The summed E-state index contributed by atoms with van der Waals surface area (Å²) in [5.41, 5.74) is 2.17. The zero-order valence-electron chi connectivity index (χ0n) is 17.2. The lowest BCUT2D eigenvalue weighted by molar-refractivity contribution is 0.0981. The second-order valence-corrected chi connectivity index (χ2v) is 8.84. The maximum Gasteiger partial charge on any atom is 0.264 e. The Bertz CT molecular complexity index is 1230. The number of aryl methyl sites for hydroxylation is 1. The Kier molecular flexibility index (Phi) is 6.82. The summed E-state index contributed by atoms with van der Waals surface area (Å²) < 4.78 is 36.4. The number of carbonyl (C=O) groups is 1. The van der Waals surface area contributed by atoms with Gasteiger partial charge in [0.05, 0.1) is 13.4 Å². The van der Waals surface area contributed by atoms with Gasteiger partial charge in [0.25, 0.3) is 5.91 Å². The number of halogens is 1. The first-order valence-corrected chi connectivity index (χ1v) is 11.6. The number of benzene rings is 2. The van der Waals surface area contributed by atoms with E-state index in [1.807, 2.05) is 17.7 Å². The number of hydrogen-bond acceptors (Lipinski definition) is 6. The van der Waals surface area contributed by atoms with Crippen molar-refractivity contribution in [2.24, 2.45) is 0 Å². The quantitative estimate of drug-likeness (QED) is 0.559. The van der Waals surface area contributed by atoms with Crippen LogP contribution in [0.2, 0.25) is 5.02 Å². The molecule has 1 amide bonds. The molecule has 0 aliphatic rings. The summed E-state index contributed by atoms with van der Waals surface area (Å²) in [6, 6.07) is 13.5. The van der Waals surface area contributed by atoms with Crippen LogP contribution < -0.4 is 14.2 Å². The monoisotopic (exact) mass is 460 g/mol. The summed E-state index contributed by atoms with van der Waals surface area (Å²) >= 11 is 6.20. The van der Waals surface area contributed by atoms with Gasteiger partial charge in [0.1, 0.15) is 11.5 Å². The Morgan fingerprint density at radius 3 is 2.58 bits per heavy atom. The Balaban J connectivity index is 2.11. The minimum Gasteiger partial charge on any atom is -0.481 e. The maximum absolute atomic E-state index is 12.4. The molecular weight excluding hydrogens is 440 g/mol. The second kappa shape index (κ2) is 9.36. The third-order valence-electron chi connectivity index (χ3n) is 4.40. The fourth-order valence-electron chi connectivity index (χ4n) is 2.97. The van der Waals surface area contributed by atoms with E-state index in [9.17, 15) is 13.2 Å². The van der Waals surface area contributed by atoms with Gasteiger partial charge in [-0.25, -0.2) is 18.1 Å². The number of hydrogen-bond donors (Lipinski definition) is 1. The highest BCUT2D eigenvalue weighted by atomic mass is 35.5. The van der Waals surface area contributed by atoms with E-state index < -0.39 is 15.9 Å². The molecule has 31 heavy (non-hydrogen) atoms. The van der Waals surface area contributed by atoms with E-state index in [1.54, 1.807) is 36.5 Å². The number of nitrogens with zero attached hydrogens (tertiary/aromatic N) is 1. The number of sulfonamides is 1. The standard InChI is InChI=1S/C22H21ClN2O5S/c1-4-14-12-16(8-9-19(14)23)30-20-10-7-15(21(26)25-31(3,27)28)13-18(20)17-6-5-11-24-22(17)29-2/h5-13H,4H2,1-3H3,(H,25,26). The van der Waals surface area contributed by atoms with E-state index in [4.69, 9.17) is 21.1 Å². The van der Waals surface area contributed by atoms with E-state index in [0.717, 1.165) is 18.2 Å². The Morgan fingerprint density at radius 2 is 1.90 bits per heavy atom. The first-order valence-electron chi connectivity index (χ1n) is 9.33. The van der Waals surface area contributed by atoms with Crippen LogP contribution in [-0.2, 0) is 16.4 Å². The molecule has 0 unspecified atom stereocenters. The van der Waals surface area contributed by atoms with Gasteiger partial charge < -0.3 is 9.47 Å². The molecular formula is C22H21ClN2O5S. The van der Waals surface area contributed by atoms with Crippen LogP contribution in [0.5, 0.6) is 17.4 Å². The smallest absolute Gasteiger partial charge is 0.264 e. The molecule has 1 aromatic heterocycles. The second-order valence-electron chi connectivity index (χ2n) is 6.68. The average Bonchev–Trinajstić information content (AvgIpc) is 2.74. The zero-order valence-corrected chi connectivity index (χ0v) is 18.8. The van der Waals surface area contributed by atoms with E-state index >= 15 is 0 Å². The van der Waals surface area contributed by atoms with Crippen LogP contribution in [-0.4, -0.2) is 32.7 Å². The fraction of sp³-hybridized carbons (Fsp3) is 0.182. The van der Waals surface area contributed by atoms with Crippen molar-refractivity contribution in [1.82, 2.24) is 9.71 Å². The van der Waals surface area contributed by atoms with Crippen molar-refractivity contribution in [2.45, 2.75) is 13.3 Å². The molecule has 162 valence electrons. The molecule has 1 heterocycles. The SMILES string of the molecule is CCc1cc(Oc2ccc(C(=O)NS(C)(=O)=O)cc2-c2cccnc2OC)ccc1Cl. The lowest BCUT2D eigenvalue weighted by Gasteiger charge is -2.15. The highest BCUT2D eigenvalue weighted by Gasteiger charge is 2.18. The first-order chi connectivity index (χ1) is 14.7. The van der Waals surface area contributed by atoms with Crippen molar-refractivity contribution < 1.29 is 22.7 Å². The molecule has 0 spiro atoms. The molecule has 0 bridgehead atoms. The summed E-state index contributed by atoms with van der Waals surface area (Å²) in [6.07, 6.45) is 3.24. The topological polar surface area (TPSA) is 94.6 Å². The summed E-state index contributed by atoms with van der Waals surface area (Å²) in [5, 5.41) is 0.650. The highest BCUT2D eigenvalue weighted by Crippen LogP contribution is 2.38. The van der Waals surface area contributed by atoms with Crippen LogP contribution in [0.15, 0.2) is 54.7 Å². The van der Waals surface area contributed by atoms with Gasteiger partial charge in [0, 0.05) is 27.9 Å². The molecule has 0 saturated carbocycles. The predicted octanol–water partition coefficient (Wildman–Crippen LogP) is 4.45. The number of nitrogens with one attached hydrogen (secondary N) is 1. The van der Waals surface area contributed by atoms with Gasteiger partial charge >= 0.3 is 0 Å². The number of aromatic nitrogens is 1. The molecule has 1 N–H and O–H groups in total. The van der Waals surface area contributed by atoms with Crippen LogP contribution in [0.3, 0.4) is 0 Å². The van der Waals surface area contributed by atoms with E-state index in [2.05, 4.69) is 4.98 Å². The van der Waals surface area contributed by atoms with Crippen molar-refractivity contribution in [3.8, 4) is 28.5 Å². The molecule has 3 aromatic rings. The number of ether oxygens (including phenoxy) is 2. The summed E-state index contributed by atoms with van der Waals surface area (Å²) in [6.45, 7) is 1.99. The molecule has 0 saturated heterocycles. The van der Waals surface area contributed by atoms with Gasteiger partial charge in [-0.1, -0.05) is 18.5 Å². The van der Waals surface area contributed by atoms with Gasteiger partial charge in [-0.2, -0.15) is 0 Å². The fourth-order valence-corrected chi connectivity index (χ4v) is 3.67. The minimum absolute atomic E-state index is 0.143. The highest BCUT2D eigenvalue weighted by molar-refractivity contribution is 7.89. The lowest BCUT2D eigenvalue weighted by atomic mass is 10.0. The van der Waals surface area contributed by atoms with Gasteiger partial charge in [-0.15, -0.1) is 0 Å². The number of amides is 1. The Hall–Kier alpha value is -3.10. The molecule has 7 nitrogen and oxygen atoms in total. The summed E-state index contributed by atoms with van der Waals surface area (Å²) in [7, 11) is -2.23. The van der Waals surface area contributed by atoms with E-state index in [-0.39, 0.29) is 5.56 Å². The lowest BCUT2D eigenvalue weighted by Crippen LogP contribution is -2.29. The zero-order chi connectivity index (χ0) is 22.6. The van der Waals surface area contributed by atoms with Crippen molar-refractivity contribution >= 4 is 27.5 Å². The normalized spacial score (nSPS) is 11.1. The first kappa shape index (κ1) is 22.6. The van der Waals surface area contributed by atoms with Gasteiger partial charge in [-0.05, 0) is 60.5 Å². The Morgan fingerprint density at radius 1 is 1.13 bits per heavy atom. The molecule has 0 aliphatic carbocycles. The van der Waals surface area contributed by atoms with Crippen LogP contribution in [0.4, 0.5) is 0 Å². The summed E-state index contributed by atoms with van der Waals surface area (Å²) in [4.78, 5) is 16.6. The number of methoxy groups -OCH3 is 1. The molecule has 3 rings (SSSR count). The largest absolute Gasteiger partial charge is 0.481 e. The Labute approximate surface area is 186 Å². The van der Waals surface area contributed by atoms with Gasteiger partial charge in [-0.3, -0.25) is 4.79 Å².